The average Bonchev–Trinajstić information content (AvgIpc) is 3.26. The van der Waals surface area contributed by atoms with Gasteiger partial charge in [0, 0.05) is 4.90 Å². The fourth-order valence-electron chi connectivity index (χ4n) is 3.35. The second-order valence-electron chi connectivity index (χ2n) is 6.87. The molecule has 4 rings (SSSR count). The van der Waals surface area contributed by atoms with Crippen molar-refractivity contribution in [3.05, 3.63) is 35.5 Å². The second-order valence-corrected chi connectivity index (χ2v) is 11.7. The van der Waals surface area contributed by atoms with Gasteiger partial charge in [-0.15, -0.1) is 4.33 Å². The number of aromatic amines is 1. The van der Waals surface area contributed by atoms with E-state index in [1.807, 2.05) is 0 Å². The van der Waals surface area contributed by atoms with Crippen LogP contribution in [-0.2, 0) is 39.7 Å². The number of benzene rings is 2. The fraction of sp³-hybridized carbons (Fsp3) is 0. The molecule has 0 amide bonds. The summed E-state index contributed by atoms with van der Waals surface area (Å²) in [5.74, 6) is -2.41. The van der Waals surface area contributed by atoms with Gasteiger partial charge in [0.1, 0.15) is 36.1 Å². The van der Waals surface area contributed by atoms with Gasteiger partial charge in [0.15, 0.2) is 0 Å². The SMILES string of the molecule is O=C1C(c2[nH]c3c(S(=O)(=O)[O-])cc(S(=O)(=O)[O-])cc3c2[O-])=Nc2c1cc(SOOO)cc2S(=O)(=O)[O-]. The summed E-state index contributed by atoms with van der Waals surface area (Å²) < 4.78 is 109. The van der Waals surface area contributed by atoms with Gasteiger partial charge in [-0.2, -0.15) is 0 Å². The van der Waals surface area contributed by atoms with E-state index in [-0.39, 0.29) is 23.0 Å². The lowest BCUT2D eigenvalue weighted by atomic mass is 10.1. The van der Waals surface area contributed by atoms with Crippen LogP contribution in [0.5, 0.6) is 5.75 Å². The minimum Gasteiger partial charge on any atom is -0.871 e. The third-order valence-corrected chi connectivity index (χ3v) is 7.83. The lowest BCUT2D eigenvalue weighted by Crippen LogP contribution is -2.14. The number of rotatable bonds is 7. The Morgan fingerprint density at radius 1 is 0.917 bits per heavy atom. The van der Waals surface area contributed by atoms with Crippen LogP contribution in [0, 0.1) is 0 Å². The Balaban J connectivity index is 1.99. The van der Waals surface area contributed by atoms with Crippen molar-refractivity contribution in [1.82, 2.24) is 4.98 Å². The van der Waals surface area contributed by atoms with Crippen molar-refractivity contribution in [1.29, 1.82) is 0 Å². The summed E-state index contributed by atoms with van der Waals surface area (Å²) in [4.78, 5) is 15.1. The van der Waals surface area contributed by atoms with E-state index in [2.05, 4.69) is 19.3 Å². The van der Waals surface area contributed by atoms with Crippen molar-refractivity contribution in [2.45, 2.75) is 19.6 Å². The number of Topliss-reactive ketones (excluding diaryl/α,β-unsaturated/α-hetero) is 1. The van der Waals surface area contributed by atoms with E-state index in [0.717, 1.165) is 12.1 Å². The molecule has 3 aromatic rings. The number of fused-ring (bicyclic) bond motifs is 2. The first kappa shape index (κ1) is 26.2. The van der Waals surface area contributed by atoms with Crippen LogP contribution in [0.15, 0.2) is 48.8 Å². The number of H-pyrrole nitrogens is 1. The Morgan fingerprint density at radius 2 is 1.56 bits per heavy atom. The first-order valence-electron chi connectivity index (χ1n) is 8.75. The van der Waals surface area contributed by atoms with Gasteiger partial charge in [0.25, 0.3) is 0 Å². The maximum Gasteiger partial charge on any atom is 0.215 e. The number of ketones is 1. The quantitative estimate of drug-likeness (QED) is 0.157. The average molecular weight is 578 g/mol. The first-order chi connectivity index (χ1) is 16.5. The third kappa shape index (κ3) is 4.50. The lowest BCUT2D eigenvalue weighted by Gasteiger charge is -2.14. The molecule has 2 N–H and O–H groups in total. The molecule has 0 aliphatic carbocycles. The summed E-state index contributed by atoms with van der Waals surface area (Å²) in [5.41, 5.74) is -3.57. The number of nitrogens with zero attached hydrogens (tertiary/aromatic N) is 1. The van der Waals surface area contributed by atoms with E-state index >= 15 is 0 Å². The van der Waals surface area contributed by atoms with E-state index in [1.165, 1.54) is 0 Å². The molecule has 0 saturated heterocycles. The molecule has 0 spiro atoms. The molecular formula is C16H6N2O14S4-4. The predicted octanol–water partition coefficient (Wildman–Crippen LogP) is -0.301. The number of hydrogen-bond donors (Lipinski definition) is 2. The van der Waals surface area contributed by atoms with E-state index in [0.29, 0.717) is 6.07 Å². The van der Waals surface area contributed by atoms with Crippen LogP contribution >= 0.6 is 12.0 Å². The number of carbonyl (C=O) groups is 1. The lowest BCUT2D eigenvalue weighted by molar-refractivity contribution is -0.432. The summed E-state index contributed by atoms with van der Waals surface area (Å²) in [6.07, 6.45) is 0. The number of nitrogens with one attached hydrogen (secondary N) is 1. The normalized spacial score (nSPS) is 14.3. The zero-order valence-corrected chi connectivity index (χ0v) is 19.9. The van der Waals surface area contributed by atoms with Crippen LogP contribution in [0.3, 0.4) is 0 Å². The first-order valence-corrected chi connectivity index (χ1v) is 13.7. The maximum atomic E-state index is 13.0. The van der Waals surface area contributed by atoms with Gasteiger partial charge in [-0.1, -0.05) is 10.8 Å². The number of carbonyl (C=O) groups excluding carboxylic acids is 1. The molecule has 0 saturated carbocycles. The Kier molecular flexibility index (Phi) is 6.24. The molecule has 0 unspecified atom stereocenters. The molecule has 2 aromatic carbocycles. The predicted molar refractivity (Wildman–Crippen MR) is 109 cm³/mol. The van der Waals surface area contributed by atoms with Crippen molar-refractivity contribution in [3.63, 3.8) is 0 Å². The van der Waals surface area contributed by atoms with E-state index in [9.17, 15) is 48.8 Å². The van der Waals surface area contributed by atoms with Crippen LogP contribution in [0.4, 0.5) is 5.69 Å². The Hall–Kier alpha value is -2.92. The highest BCUT2D eigenvalue weighted by Gasteiger charge is 2.32. The molecule has 16 nitrogen and oxygen atoms in total. The van der Waals surface area contributed by atoms with E-state index in [4.69, 9.17) is 5.26 Å². The van der Waals surface area contributed by atoms with Gasteiger partial charge in [0.05, 0.1) is 49.2 Å². The van der Waals surface area contributed by atoms with Gasteiger partial charge in [0.2, 0.25) is 5.78 Å². The van der Waals surface area contributed by atoms with Crippen LogP contribution in [0.2, 0.25) is 0 Å². The van der Waals surface area contributed by atoms with E-state index < -0.39 is 90.1 Å². The third-order valence-electron chi connectivity index (χ3n) is 4.75. The molecule has 0 bridgehead atoms. The largest absolute Gasteiger partial charge is 0.871 e. The molecular weight excluding hydrogens is 572 g/mol. The molecule has 36 heavy (non-hydrogen) atoms. The molecule has 0 radical (unpaired) electrons. The Bertz CT molecular complexity index is 1820. The summed E-state index contributed by atoms with van der Waals surface area (Å²) in [5, 5.41) is 23.8. The van der Waals surface area contributed by atoms with Gasteiger partial charge in [-0.25, -0.2) is 35.5 Å². The fourth-order valence-corrected chi connectivity index (χ4v) is 5.81. The Morgan fingerprint density at radius 3 is 2.11 bits per heavy atom. The minimum absolute atomic E-state index is 0.195. The number of aliphatic imine (C=N–C) groups is 1. The van der Waals surface area contributed by atoms with Crippen molar-refractivity contribution in [2.75, 3.05) is 0 Å². The smallest absolute Gasteiger partial charge is 0.215 e. The van der Waals surface area contributed by atoms with Crippen molar-refractivity contribution in [3.8, 4) is 5.75 Å². The van der Waals surface area contributed by atoms with Crippen LogP contribution in [-0.4, -0.2) is 60.6 Å². The zero-order valence-electron chi connectivity index (χ0n) is 16.6. The summed E-state index contributed by atoms with van der Waals surface area (Å²) >= 11 is 0.195. The highest BCUT2D eigenvalue weighted by Crippen LogP contribution is 2.41. The molecule has 0 atom stereocenters. The highest BCUT2D eigenvalue weighted by atomic mass is 32.2. The van der Waals surface area contributed by atoms with Crippen molar-refractivity contribution >= 4 is 70.5 Å². The monoisotopic (exact) mass is 578 g/mol. The van der Waals surface area contributed by atoms with Gasteiger partial charge < -0.3 is 23.7 Å². The molecule has 1 aliphatic heterocycles. The standard InChI is InChI=1S/C16H10N2O14S4/c19-15-7-1-5(33-32-31-21)2-9(35(25,26)27)11(7)17-13(15)14-16(20)8-3-6(34(22,23)24)4-10(12(8)18-14)36(28,29)30/h1-4,18,20-21H,(H,22,23,24)(H,25,26,27)(H,28,29,30)/p-4. The maximum absolute atomic E-state index is 13.0. The zero-order chi connectivity index (χ0) is 26.8. The van der Waals surface area contributed by atoms with Gasteiger partial charge in [-0.05, 0) is 29.7 Å². The van der Waals surface area contributed by atoms with Crippen LogP contribution < -0.4 is 5.11 Å². The van der Waals surface area contributed by atoms with Crippen molar-refractivity contribution in [2.24, 2.45) is 4.99 Å². The second kappa shape index (κ2) is 8.58. The minimum atomic E-state index is -5.46. The molecule has 1 aliphatic rings. The molecule has 192 valence electrons. The summed E-state index contributed by atoms with van der Waals surface area (Å²) in [6, 6.07) is 2.40. The molecule has 20 heteroatoms. The molecule has 0 fully saturated rings. The van der Waals surface area contributed by atoms with E-state index in [1.54, 1.807) is 0 Å². The van der Waals surface area contributed by atoms with Crippen LogP contribution in [0.25, 0.3) is 10.9 Å². The number of hydrogen-bond acceptors (Lipinski definition) is 16. The topological polar surface area (TPSA) is 279 Å². The van der Waals surface area contributed by atoms with Crippen LogP contribution in [0.1, 0.15) is 16.1 Å². The van der Waals surface area contributed by atoms with Crippen molar-refractivity contribution < 1.29 is 63.4 Å². The highest BCUT2D eigenvalue weighted by molar-refractivity contribution is 7.94. The van der Waals surface area contributed by atoms with Gasteiger partial charge in [-0.3, -0.25) is 4.79 Å². The number of aromatic nitrogens is 1. The Labute approximate surface area is 204 Å². The molecule has 2 heterocycles. The van der Waals surface area contributed by atoms with Gasteiger partial charge >= 0.3 is 0 Å². The molecule has 1 aromatic heterocycles. The summed E-state index contributed by atoms with van der Waals surface area (Å²) in [6.45, 7) is 0. The summed E-state index contributed by atoms with van der Waals surface area (Å²) in [7, 11) is -16.1.